The molecular formula is C27H26F2N4O. The minimum Gasteiger partial charge on any atom is -0.497 e. The Morgan fingerprint density at radius 1 is 1.00 bits per heavy atom. The van der Waals surface area contributed by atoms with Gasteiger partial charge in [0.25, 0.3) is 0 Å². The number of anilines is 1. The number of H-pyrrole nitrogens is 1. The third-order valence-corrected chi connectivity index (χ3v) is 7.44. The maximum absolute atomic E-state index is 14.3. The van der Waals surface area contributed by atoms with E-state index in [1.807, 2.05) is 30.3 Å². The van der Waals surface area contributed by atoms with Gasteiger partial charge in [0.1, 0.15) is 23.2 Å². The van der Waals surface area contributed by atoms with E-state index in [1.54, 1.807) is 13.3 Å². The molecule has 0 radical (unpaired) electrons. The van der Waals surface area contributed by atoms with Crippen LogP contribution in [0.1, 0.15) is 32.1 Å². The van der Waals surface area contributed by atoms with Gasteiger partial charge in [-0.2, -0.15) is 0 Å². The number of hydrogen-bond acceptors (Lipinski definition) is 4. The number of fused-ring (bicyclic) bond motifs is 4. The fourth-order valence-corrected chi connectivity index (χ4v) is 5.64. The van der Waals surface area contributed by atoms with Crippen LogP contribution in [0.4, 0.5) is 14.6 Å². The molecule has 2 aromatic heterocycles. The van der Waals surface area contributed by atoms with Crippen LogP contribution in [-0.2, 0) is 0 Å². The Bertz CT molecular complexity index is 1340. The summed E-state index contributed by atoms with van der Waals surface area (Å²) in [7, 11) is 1.63. The maximum atomic E-state index is 14.3. The monoisotopic (exact) mass is 460 g/mol. The van der Waals surface area contributed by atoms with E-state index in [4.69, 9.17) is 14.7 Å². The van der Waals surface area contributed by atoms with E-state index in [-0.39, 0.29) is 5.52 Å². The number of ether oxygens (including phenoxy) is 1. The molecule has 2 N–H and O–H groups in total. The van der Waals surface area contributed by atoms with Crippen LogP contribution in [0.5, 0.6) is 5.75 Å². The van der Waals surface area contributed by atoms with Crippen LogP contribution in [0.15, 0.2) is 48.7 Å². The van der Waals surface area contributed by atoms with Crippen molar-refractivity contribution in [2.75, 3.05) is 12.4 Å². The SMILES string of the molecule is COc1ccc(-c2cc(NC3CC4CCC3CC4)nc(-c3c[nH]c4c(F)cc(F)cc34)n2)cc1. The number of aromatic amines is 1. The second kappa shape index (κ2) is 8.38. The van der Waals surface area contributed by atoms with Crippen LogP contribution >= 0.6 is 0 Å². The Morgan fingerprint density at radius 3 is 2.50 bits per heavy atom. The van der Waals surface area contributed by atoms with Gasteiger partial charge >= 0.3 is 0 Å². The van der Waals surface area contributed by atoms with Crippen LogP contribution in [0.3, 0.4) is 0 Å². The number of rotatable bonds is 5. The molecule has 7 heteroatoms. The molecule has 2 heterocycles. The lowest BCUT2D eigenvalue weighted by molar-refractivity contribution is 0.157. The highest BCUT2D eigenvalue weighted by molar-refractivity contribution is 5.94. The van der Waals surface area contributed by atoms with E-state index in [0.717, 1.165) is 41.2 Å². The average Bonchev–Trinajstić information content (AvgIpc) is 3.29. The Balaban J connectivity index is 1.45. The van der Waals surface area contributed by atoms with E-state index in [0.29, 0.717) is 28.7 Å². The molecule has 2 bridgehead atoms. The Kier molecular flexibility index (Phi) is 5.20. The fourth-order valence-electron chi connectivity index (χ4n) is 5.64. The van der Waals surface area contributed by atoms with Gasteiger partial charge in [-0.1, -0.05) is 12.8 Å². The largest absolute Gasteiger partial charge is 0.497 e. The number of halogens is 2. The van der Waals surface area contributed by atoms with Crippen LogP contribution in [0, 0.1) is 23.5 Å². The summed E-state index contributed by atoms with van der Waals surface area (Å²) >= 11 is 0. The number of benzene rings is 2. The summed E-state index contributed by atoms with van der Waals surface area (Å²) < 4.78 is 33.7. The van der Waals surface area contributed by atoms with Crippen molar-refractivity contribution in [1.82, 2.24) is 15.0 Å². The standard InChI is InChI=1S/C27H26F2N4O/c1-34-19-8-6-17(7-9-19)24-13-25(31-23-10-15-2-4-16(23)5-3-15)33-27(32-24)21-14-30-26-20(21)11-18(28)12-22(26)29/h6-9,11-16,23,30H,2-5,10H2,1H3,(H,31,32,33). The zero-order valence-electron chi connectivity index (χ0n) is 18.9. The topological polar surface area (TPSA) is 62.8 Å². The molecule has 0 amide bonds. The van der Waals surface area contributed by atoms with Crippen molar-refractivity contribution in [3.8, 4) is 28.4 Å². The molecule has 0 saturated heterocycles. The smallest absolute Gasteiger partial charge is 0.164 e. The summed E-state index contributed by atoms with van der Waals surface area (Å²) in [4.78, 5) is 12.5. The Morgan fingerprint density at radius 2 is 1.79 bits per heavy atom. The zero-order chi connectivity index (χ0) is 23.2. The summed E-state index contributed by atoms with van der Waals surface area (Å²) in [6.45, 7) is 0. The van der Waals surface area contributed by atoms with E-state index in [9.17, 15) is 8.78 Å². The molecule has 3 aliphatic carbocycles. The third-order valence-electron chi connectivity index (χ3n) is 7.44. The van der Waals surface area contributed by atoms with Crippen molar-refractivity contribution >= 4 is 16.7 Å². The Hall–Kier alpha value is -3.48. The number of methoxy groups -OCH3 is 1. The number of hydrogen-bond donors (Lipinski definition) is 2. The van der Waals surface area contributed by atoms with Gasteiger partial charge in [0, 0.05) is 40.9 Å². The van der Waals surface area contributed by atoms with Gasteiger partial charge in [-0.15, -0.1) is 0 Å². The first-order valence-electron chi connectivity index (χ1n) is 11.8. The summed E-state index contributed by atoms with van der Waals surface area (Å²) in [5.74, 6) is 2.09. The summed E-state index contributed by atoms with van der Waals surface area (Å²) in [6, 6.07) is 12.2. The molecule has 1 unspecified atom stereocenters. The lowest BCUT2D eigenvalue weighted by Gasteiger charge is -2.42. The van der Waals surface area contributed by atoms with Crippen molar-refractivity contribution in [2.24, 2.45) is 11.8 Å². The number of nitrogens with one attached hydrogen (secondary N) is 2. The molecule has 3 fully saturated rings. The first kappa shape index (κ1) is 21.1. The van der Waals surface area contributed by atoms with Crippen LogP contribution < -0.4 is 10.1 Å². The van der Waals surface area contributed by atoms with Gasteiger partial charge in [0.2, 0.25) is 0 Å². The van der Waals surface area contributed by atoms with Crippen molar-refractivity contribution in [2.45, 2.75) is 38.1 Å². The minimum absolute atomic E-state index is 0.244. The van der Waals surface area contributed by atoms with Gasteiger partial charge < -0.3 is 15.0 Å². The Labute approximate surface area is 196 Å². The fraction of sp³-hybridized carbons (Fsp3) is 0.333. The maximum Gasteiger partial charge on any atom is 0.164 e. The highest BCUT2D eigenvalue weighted by atomic mass is 19.1. The second-order valence-electron chi connectivity index (χ2n) is 9.47. The molecule has 34 heavy (non-hydrogen) atoms. The normalized spacial score (nSPS) is 21.7. The molecule has 174 valence electrons. The van der Waals surface area contributed by atoms with Gasteiger partial charge in [-0.05, 0) is 61.4 Å². The number of nitrogens with zero attached hydrogens (tertiary/aromatic N) is 2. The van der Waals surface area contributed by atoms with Crippen molar-refractivity contribution in [3.05, 3.63) is 60.3 Å². The molecule has 0 aliphatic heterocycles. The van der Waals surface area contributed by atoms with Crippen molar-refractivity contribution in [3.63, 3.8) is 0 Å². The molecule has 4 aromatic rings. The van der Waals surface area contributed by atoms with E-state index >= 15 is 0 Å². The minimum atomic E-state index is -0.635. The molecule has 7 rings (SSSR count). The molecule has 3 aliphatic rings. The lowest BCUT2D eigenvalue weighted by Crippen LogP contribution is -2.40. The first-order chi connectivity index (χ1) is 16.6. The highest BCUT2D eigenvalue weighted by Gasteiger charge is 2.35. The third kappa shape index (κ3) is 3.79. The molecular weight excluding hydrogens is 434 g/mol. The molecule has 2 aromatic carbocycles. The van der Waals surface area contributed by atoms with E-state index < -0.39 is 11.6 Å². The van der Waals surface area contributed by atoms with Crippen molar-refractivity contribution < 1.29 is 13.5 Å². The number of aromatic nitrogens is 3. The van der Waals surface area contributed by atoms with E-state index in [2.05, 4.69) is 10.3 Å². The van der Waals surface area contributed by atoms with Crippen molar-refractivity contribution in [1.29, 1.82) is 0 Å². The second-order valence-corrected chi connectivity index (χ2v) is 9.47. The zero-order valence-corrected chi connectivity index (χ0v) is 18.9. The average molecular weight is 461 g/mol. The summed E-state index contributed by atoms with van der Waals surface area (Å²) in [6.07, 6.45) is 7.96. The predicted octanol–water partition coefficient (Wildman–Crippen LogP) is 6.57. The predicted molar refractivity (Wildman–Crippen MR) is 129 cm³/mol. The van der Waals surface area contributed by atoms with Crippen LogP contribution in [0.25, 0.3) is 33.5 Å². The van der Waals surface area contributed by atoms with Gasteiger partial charge in [-0.25, -0.2) is 18.7 Å². The lowest BCUT2D eigenvalue weighted by atomic mass is 9.68. The van der Waals surface area contributed by atoms with Crippen LogP contribution in [0.2, 0.25) is 0 Å². The quantitative estimate of drug-likeness (QED) is 0.354. The molecule has 5 nitrogen and oxygen atoms in total. The van der Waals surface area contributed by atoms with Gasteiger partial charge in [0.15, 0.2) is 5.82 Å². The van der Waals surface area contributed by atoms with Gasteiger partial charge in [-0.3, -0.25) is 0 Å². The first-order valence-corrected chi connectivity index (χ1v) is 11.8. The van der Waals surface area contributed by atoms with Gasteiger partial charge in [0.05, 0.1) is 18.3 Å². The summed E-state index contributed by atoms with van der Waals surface area (Å²) in [5.41, 5.74) is 2.46. The molecule has 3 saturated carbocycles. The van der Waals surface area contributed by atoms with Crippen LogP contribution in [-0.4, -0.2) is 28.1 Å². The highest BCUT2D eigenvalue weighted by Crippen LogP contribution is 2.42. The molecule has 1 atom stereocenters. The molecule has 0 spiro atoms. The van der Waals surface area contributed by atoms with E-state index in [1.165, 1.54) is 31.7 Å². The summed E-state index contributed by atoms with van der Waals surface area (Å²) in [5, 5.41) is 4.11.